The number of hydrogen-bond donors (Lipinski definition) is 2. The summed E-state index contributed by atoms with van der Waals surface area (Å²) in [7, 11) is 0. The highest BCUT2D eigenvalue weighted by Crippen LogP contribution is 2.09. The summed E-state index contributed by atoms with van der Waals surface area (Å²) in [4.78, 5) is 11.7. The number of unbranched alkanes of at least 4 members (excludes halogenated alkanes) is 1. The largest absolute Gasteiger partial charge is 0.356 e. The second-order valence-corrected chi connectivity index (χ2v) is 5.02. The van der Waals surface area contributed by atoms with Crippen molar-refractivity contribution >= 4 is 17.7 Å². The first-order valence-corrected chi connectivity index (χ1v) is 7.21. The molecule has 1 aliphatic rings. The number of nitrogens with one attached hydrogen (secondary N) is 2. The van der Waals surface area contributed by atoms with Crippen molar-refractivity contribution in [3.8, 4) is 0 Å². The van der Waals surface area contributed by atoms with Gasteiger partial charge < -0.3 is 10.6 Å². The van der Waals surface area contributed by atoms with Gasteiger partial charge in [-0.2, -0.15) is 11.8 Å². The predicted octanol–water partition coefficient (Wildman–Crippen LogP) is 1.25. The number of carbonyl (C=O) groups is 1. The van der Waals surface area contributed by atoms with Crippen LogP contribution in [0.3, 0.4) is 0 Å². The van der Waals surface area contributed by atoms with Crippen LogP contribution in [0.25, 0.3) is 0 Å². The maximum absolute atomic E-state index is 11.7. The molecule has 1 fully saturated rings. The van der Waals surface area contributed by atoms with Crippen LogP contribution in [-0.2, 0) is 4.79 Å². The van der Waals surface area contributed by atoms with Gasteiger partial charge in [0.1, 0.15) is 0 Å². The molecule has 1 atom stereocenters. The quantitative estimate of drug-likeness (QED) is 0.675. The van der Waals surface area contributed by atoms with E-state index in [0.29, 0.717) is 0 Å². The number of amides is 1. The van der Waals surface area contributed by atoms with Gasteiger partial charge in [0.15, 0.2) is 0 Å². The van der Waals surface area contributed by atoms with E-state index >= 15 is 0 Å². The van der Waals surface area contributed by atoms with Crippen LogP contribution >= 0.6 is 11.8 Å². The van der Waals surface area contributed by atoms with Crippen molar-refractivity contribution in [2.24, 2.45) is 5.92 Å². The van der Waals surface area contributed by atoms with E-state index in [4.69, 9.17) is 0 Å². The molecule has 0 radical (unpaired) electrons. The van der Waals surface area contributed by atoms with E-state index in [9.17, 15) is 4.79 Å². The fraction of sp³-hybridized carbons (Fsp3) is 0.909. The Labute approximate surface area is 96.8 Å². The maximum Gasteiger partial charge on any atom is 0.224 e. The molecule has 4 heteroatoms. The first-order valence-electron chi connectivity index (χ1n) is 5.82. The molecule has 0 bridgehead atoms. The molecule has 1 saturated heterocycles. The minimum atomic E-state index is 0.208. The molecular formula is C11H22N2OS. The summed E-state index contributed by atoms with van der Waals surface area (Å²) in [5.74, 6) is 1.64. The first kappa shape index (κ1) is 12.8. The van der Waals surface area contributed by atoms with Crippen LogP contribution in [-0.4, -0.2) is 37.6 Å². The third-order valence-electron chi connectivity index (χ3n) is 2.74. The second kappa shape index (κ2) is 7.99. The van der Waals surface area contributed by atoms with Gasteiger partial charge in [-0.15, -0.1) is 0 Å². The van der Waals surface area contributed by atoms with Crippen LogP contribution in [0.1, 0.15) is 25.7 Å². The number of piperidine rings is 1. The molecule has 0 saturated carbocycles. The molecule has 3 nitrogen and oxygen atoms in total. The molecule has 1 unspecified atom stereocenters. The molecule has 2 N–H and O–H groups in total. The molecule has 0 aromatic heterocycles. The van der Waals surface area contributed by atoms with Gasteiger partial charge in [-0.3, -0.25) is 4.79 Å². The smallest absolute Gasteiger partial charge is 0.224 e. The highest BCUT2D eigenvalue weighted by molar-refractivity contribution is 7.98. The second-order valence-electron chi connectivity index (χ2n) is 4.03. The minimum Gasteiger partial charge on any atom is -0.356 e. The van der Waals surface area contributed by atoms with Crippen LogP contribution in [0, 0.1) is 5.92 Å². The van der Waals surface area contributed by atoms with Crippen molar-refractivity contribution in [2.45, 2.75) is 25.7 Å². The van der Waals surface area contributed by atoms with Crippen molar-refractivity contribution in [3.05, 3.63) is 0 Å². The van der Waals surface area contributed by atoms with Crippen LogP contribution in [0.15, 0.2) is 0 Å². The van der Waals surface area contributed by atoms with Gasteiger partial charge in [-0.1, -0.05) is 0 Å². The Morgan fingerprint density at radius 1 is 1.53 bits per heavy atom. The summed E-state index contributed by atoms with van der Waals surface area (Å²) >= 11 is 1.87. The summed E-state index contributed by atoms with van der Waals surface area (Å²) in [6, 6.07) is 0. The highest BCUT2D eigenvalue weighted by Gasteiger charge is 2.19. The lowest BCUT2D eigenvalue weighted by Crippen LogP contribution is -2.40. The lowest BCUT2D eigenvalue weighted by atomic mass is 9.99. The van der Waals surface area contributed by atoms with Crippen LogP contribution < -0.4 is 10.6 Å². The van der Waals surface area contributed by atoms with E-state index in [-0.39, 0.29) is 11.8 Å². The lowest BCUT2D eigenvalue weighted by molar-refractivity contribution is -0.125. The monoisotopic (exact) mass is 230 g/mol. The van der Waals surface area contributed by atoms with E-state index in [1.54, 1.807) is 0 Å². The molecule has 0 aliphatic carbocycles. The Morgan fingerprint density at radius 3 is 3.07 bits per heavy atom. The van der Waals surface area contributed by atoms with E-state index in [2.05, 4.69) is 16.9 Å². The third kappa shape index (κ3) is 5.42. The summed E-state index contributed by atoms with van der Waals surface area (Å²) < 4.78 is 0. The van der Waals surface area contributed by atoms with Gasteiger partial charge in [0.25, 0.3) is 0 Å². The Morgan fingerprint density at radius 2 is 2.40 bits per heavy atom. The van der Waals surface area contributed by atoms with E-state index in [1.807, 2.05) is 11.8 Å². The standard InChI is InChI=1S/C11H22N2OS/c1-15-8-3-2-7-13-11(14)10-5-4-6-12-9-10/h10,12H,2-9H2,1H3,(H,13,14). The fourth-order valence-corrected chi connectivity index (χ4v) is 2.30. The molecule has 88 valence electrons. The predicted molar refractivity (Wildman–Crippen MR) is 66.2 cm³/mol. The summed E-state index contributed by atoms with van der Waals surface area (Å²) in [5.41, 5.74) is 0. The Balaban J connectivity index is 2.02. The van der Waals surface area contributed by atoms with Crippen molar-refractivity contribution in [1.29, 1.82) is 0 Å². The van der Waals surface area contributed by atoms with Crippen molar-refractivity contribution in [2.75, 3.05) is 31.6 Å². The lowest BCUT2D eigenvalue weighted by Gasteiger charge is -2.21. The summed E-state index contributed by atoms with van der Waals surface area (Å²) in [6.45, 7) is 2.77. The van der Waals surface area contributed by atoms with E-state index in [1.165, 1.54) is 12.2 Å². The van der Waals surface area contributed by atoms with E-state index < -0.39 is 0 Å². The molecular weight excluding hydrogens is 208 g/mol. The van der Waals surface area contributed by atoms with Crippen molar-refractivity contribution in [3.63, 3.8) is 0 Å². The molecule has 1 rings (SSSR count). The zero-order valence-corrected chi connectivity index (χ0v) is 10.4. The maximum atomic E-state index is 11.7. The van der Waals surface area contributed by atoms with Crippen molar-refractivity contribution in [1.82, 2.24) is 10.6 Å². The average Bonchev–Trinajstić information content (AvgIpc) is 2.30. The molecule has 1 amide bonds. The normalized spacial score (nSPS) is 21.3. The summed E-state index contributed by atoms with van der Waals surface area (Å²) in [5, 5.41) is 6.29. The van der Waals surface area contributed by atoms with Gasteiger partial charge in [-0.05, 0) is 44.2 Å². The van der Waals surface area contributed by atoms with Gasteiger partial charge in [0.2, 0.25) is 5.91 Å². The van der Waals surface area contributed by atoms with Gasteiger partial charge in [-0.25, -0.2) is 0 Å². The zero-order chi connectivity index (χ0) is 10.9. The molecule has 0 aromatic rings. The Hall–Kier alpha value is -0.220. The Bertz CT molecular complexity index is 181. The third-order valence-corrected chi connectivity index (χ3v) is 3.44. The number of carbonyl (C=O) groups excluding carboxylic acids is 1. The van der Waals surface area contributed by atoms with Crippen molar-refractivity contribution < 1.29 is 4.79 Å². The minimum absolute atomic E-state index is 0.208. The SMILES string of the molecule is CSCCCCNC(=O)C1CCCNC1. The van der Waals surface area contributed by atoms with E-state index in [0.717, 1.165) is 38.9 Å². The number of rotatable bonds is 6. The number of hydrogen-bond acceptors (Lipinski definition) is 3. The number of thioether (sulfide) groups is 1. The summed E-state index contributed by atoms with van der Waals surface area (Å²) in [6.07, 6.45) is 6.59. The molecule has 15 heavy (non-hydrogen) atoms. The molecule has 0 spiro atoms. The van der Waals surface area contributed by atoms with Crippen LogP contribution in [0.4, 0.5) is 0 Å². The molecule has 1 heterocycles. The van der Waals surface area contributed by atoms with Gasteiger partial charge in [0, 0.05) is 13.1 Å². The molecule has 0 aromatic carbocycles. The molecule has 1 aliphatic heterocycles. The first-order chi connectivity index (χ1) is 7.34. The topological polar surface area (TPSA) is 41.1 Å². The zero-order valence-electron chi connectivity index (χ0n) is 9.55. The average molecular weight is 230 g/mol. The fourth-order valence-electron chi connectivity index (χ4n) is 1.80. The van der Waals surface area contributed by atoms with Crippen LogP contribution in [0.2, 0.25) is 0 Å². The Kier molecular flexibility index (Phi) is 6.85. The highest BCUT2D eigenvalue weighted by atomic mass is 32.2. The van der Waals surface area contributed by atoms with Gasteiger partial charge in [0.05, 0.1) is 5.92 Å². The van der Waals surface area contributed by atoms with Crippen LogP contribution in [0.5, 0.6) is 0 Å². The van der Waals surface area contributed by atoms with Gasteiger partial charge >= 0.3 is 0 Å².